The van der Waals surface area contributed by atoms with Crippen LogP contribution in [0.3, 0.4) is 0 Å². The average molecular weight is 344 g/mol. The third kappa shape index (κ3) is 2.77. The van der Waals surface area contributed by atoms with Gasteiger partial charge in [-0.25, -0.2) is 4.79 Å². The van der Waals surface area contributed by atoms with Crippen LogP contribution >= 0.6 is 0 Å². The summed E-state index contributed by atoms with van der Waals surface area (Å²) < 4.78 is 16.1. The van der Waals surface area contributed by atoms with E-state index in [1.54, 1.807) is 24.3 Å². The fourth-order valence-electron chi connectivity index (χ4n) is 2.95. The van der Waals surface area contributed by atoms with E-state index in [2.05, 4.69) is 0 Å². The number of benzene rings is 2. The fraction of sp³-hybridized carbons (Fsp3) is 0.278. The van der Waals surface area contributed by atoms with Crippen molar-refractivity contribution in [2.45, 2.75) is 24.6 Å². The van der Waals surface area contributed by atoms with E-state index in [-0.39, 0.29) is 6.61 Å². The van der Waals surface area contributed by atoms with E-state index in [1.165, 1.54) is 6.07 Å². The summed E-state index contributed by atoms with van der Waals surface area (Å²) >= 11 is 0. The zero-order valence-corrected chi connectivity index (χ0v) is 13.0. The molecular formula is C18H16O7. The summed E-state index contributed by atoms with van der Waals surface area (Å²) in [6, 6.07) is 12.1. The van der Waals surface area contributed by atoms with Gasteiger partial charge in [-0.3, -0.25) is 0 Å². The molecule has 7 nitrogen and oxygen atoms in total. The normalized spacial score (nSPS) is 26.8. The summed E-state index contributed by atoms with van der Waals surface area (Å²) in [5.74, 6) is 0.304. The van der Waals surface area contributed by atoms with Crippen LogP contribution in [0.25, 0.3) is 21.7 Å². The van der Waals surface area contributed by atoms with Gasteiger partial charge in [-0.05, 0) is 23.6 Å². The molecule has 1 aliphatic heterocycles. The molecule has 0 radical (unpaired) electrons. The fourth-order valence-corrected chi connectivity index (χ4v) is 2.95. The monoisotopic (exact) mass is 344 g/mol. The first-order valence-corrected chi connectivity index (χ1v) is 7.82. The Hall–Kier alpha value is -2.45. The van der Waals surface area contributed by atoms with E-state index in [4.69, 9.17) is 13.9 Å². The lowest BCUT2D eigenvalue weighted by atomic mass is 10.1. The number of hydrogen-bond acceptors (Lipinski definition) is 7. The summed E-state index contributed by atoms with van der Waals surface area (Å²) in [5, 5.41) is 31.1. The second-order valence-corrected chi connectivity index (χ2v) is 5.96. The molecule has 4 rings (SSSR count). The molecule has 1 aromatic heterocycles. The van der Waals surface area contributed by atoms with Crippen molar-refractivity contribution in [3.05, 3.63) is 52.9 Å². The molecule has 25 heavy (non-hydrogen) atoms. The number of fused-ring (bicyclic) bond motifs is 3. The number of ether oxygens (including phenoxy) is 2. The van der Waals surface area contributed by atoms with Gasteiger partial charge in [0.15, 0.2) is 0 Å². The van der Waals surface area contributed by atoms with Gasteiger partial charge in [0.2, 0.25) is 6.29 Å². The quantitative estimate of drug-likeness (QED) is 0.465. The highest BCUT2D eigenvalue weighted by atomic mass is 16.7. The van der Waals surface area contributed by atoms with E-state index >= 15 is 0 Å². The van der Waals surface area contributed by atoms with Crippen molar-refractivity contribution in [1.82, 2.24) is 0 Å². The SMILES string of the molecule is O=c1oc2cc(O[C@H]3OC[C@@H](O)[C@@H](O)[C@@H]3O)ccc2c2ccccc12. The molecule has 130 valence electrons. The lowest BCUT2D eigenvalue weighted by Crippen LogP contribution is -2.54. The van der Waals surface area contributed by atoms with Crippen LogP contribution in [0.2, 0.25) is 0 Å². The second kappa shape index (κ2) is 6.12. The summed E-state index contributed by atoms with van der Waals surface area (Å²) in [7, 11) is 0. The Morgan fingerprint density at radius 1 is 0.960 bits per heavy atom. The smallest absolute Gasteiger partial charge is 0.344 e. The zero-order valence-electron chi connectivity index (χ0n) is 13.0. The van der Waals surface area contributed by atoms with Crippen molar-refractivity contribution < 1.29 is 29.2 Å². The molecule has 4 atom stereocenters. The zero-order chi connectivity index (χ0) is 17.6. The van der Waals surface area contributed by atoms with Gasteiger partial charge in [0.1, 0.15) is 29.6 Å². The minimum Gasteiger partial charge on any atom is -0.462 e. The van der Waals surface area contributed by atoms with Crippen molar-refractivity contribution in [2.24, 2.45) is 0 Å². The molecule has 0 saturated carbocycles. The van der Waals surface area contributed by atoms with Crippen LogP contribution in [0, 0.1) is 0 Å². The first-order valence-electron chi connectivity index (χ1n) is 7.82. The van der Waals surface area contributed by atoms with Crippen molar-refractivity contribution in [3.63, 3.8) is 0 Å². The van der Waals surface area contributed by atoms with Crippen molar-refractivity contribution in [1.29, 1.82) is 0 Å². The lowest BCUT2D eigenvalue weighted by Gasteiger charge is -2.34. The largest absolute Gasteiger partial charge is 0.462 e. The summed E-state index contributed by atoms with van der Waals surface area (Å²) in [6.45, 7) is -0.157. The Morgan fingerprint density at radius 2 is 1.72 bits per heavy atom. The van der Waals surface area contributed by atoms with Crippen LogP contribution in [-0.2, 0) is 4.74 Å². The standard InChI is InChI=1S/C18H16O7/c19-13-8-23-18(16(21)15(13)20)24-9-5-6-11-10-3-1-2-4-12(10)17(22)25-14(11)7-9/h1-7,13,15-16,18-21H,8H2/t13-,15-,16+,18-/m1/s1. The van der Waals surface area contributed by atoms with Gasteiger partial charge < -0.3 is 29.2 Å². The van der Waals surface area contributed by atoms with Crippen molar-refractivity contribution in [3.8, 4) is 5.75 Å². The predicted octanol–water partition coefficient (Wildman–Crippen LogP) is 0.764. The maximum absolute atomic E-state index is 12.1. The minimum absolute atomic E-state index is 0.157. The Kier molecular flexibility index (Phi) is 3.93. The Balaban J connectivity index is 1.70. The van der Waals surface area contributed by atoms with Crippen LogP contribution in [0.1, 0.15) is 0 Å². The van der Waals surface area contributed by atoms with Gasteiger partial charge in [-0.15, -0.1) is 0 Å². The highest BCUT2D eigenvalue weighted by Gasteiger charge is 2.39. The van der Waals surface area contributed by atoms with Gasteiger partial charge >= 0.3 is 5.63 Å². The van der Waals surface area contributed by atoms with Gasteiger partial charge in [0, 0.05) is 11.5 Å². The molecule has 3 N–H and O–H groups in total. The number of rotatable bonds is 2. The van der Waals surface area contributed by atoms with Gasteiger partial charge in [-0.2, -0.15) is 0 Å². The first-order chi connectivity index (χ1) is 12.0. The highest BCUT2D eigenvalue weighted by molar-refractivity contribution is 6.04. The number of hydrogen-bond donors (Lipinski definition) is 3. The summed E-state index contributed by atoms with van der Waals surface area (Å²) in [4.78, 5) is 12.1. The third-order valence-electron chi connectivity index (χ3n) is 4.30. The van der Waals surface area contributed by atoms with E-state index in [0.29, 0.717) is 16.7 Å². The first kappa shape index (κ1) is 16.0. The topological polar surface area (TPSA) is 109 Å². The molecule has 1 saturated heterocycles. The van der Waals surface area contributed by atoms with Crippen LogP contribution in [0.15, 0.2) is 51.7 Å². The minimum atomic E-state index is -1.40. The molecule has 1 aliphatic rings. The molecule has 7 heteroatoms. The molecule has 3 aromatic rings. The van der Waals surface area contributed by atoms with Gasteiger partial charge in [-0.1, -0.05) is 18.2 Å². The number of aliphatic hydroxyl groups is 3. The highest BCUT2D eigenvalue weighted by Crippen LogP contribution is 2.28. The molecule has 0 bridgehead atoms. The second-order valence-electron chi connectivity index (χ2n) is 5.96. The van der Waals surface area contributed by atoms with Gasteiger partial charge in [0.25, 0.3) is 0 Å². The van der Waals surface area contributed by atoms with E-state index in [9.17, 15) is 20.1 Å². The van der Waals surface area contributed by atoms with Crippen LogP contribution < -0.4 is 10.4 Å². The van der Waals surface area contributed by atoms with E-state index < -0.39 is 30.2 Å². The number of aliphatic hydroxyl groups excluding tert-OH is 3. The Morgan fingerprint density at radius 3 is 2.52 bits per heavy atom. The van der Waals surface area contributed by atoms with E-state index in [1.807, 2.05) is 12.1 Å². The lowest BCUT2D eigenvalue weighted by molar-refractivity contribution is -0.242. The maximum atomic E-state index is 12.1. The summed E-state index contributed by atoms with van der Waals surface area (Å²) in [6.07, 6.45) is -5.07. The molecule has 0 spiro atoms. The molecule has 1 fully saturated rings. The maximum Gasteiger partial charge on any atom is 0.344 e. The predicted molar refractivity (Wildman–Crippen MR) is 88.4 cm³/mol. The van der Waals surface area contributed by atoms with Crippen molar-refractivity contribution >= 4 is 21.7 Å². The average Bonchev–Trinajstić information content (AvgIpc) is 2.62. The van der Waals surface area contributed by atoms with E-state index in [0.717, 1.165) is 10.8 Å². The molecular weight excluding hydrogens is 328 g/mol. The Bertz CT molecular complexity index is 980. The summed E-state index contributed by atoms with van der Waals surface area (Å²) in [5.41, 5.74) is -0.111. The molecule has 2 aromatic carbocycles. The van der Waals surface area contributed by atoms with Gasteiger partial charge in [0.05, 0.1) is 12.0 Å². The Labute approximate surface area is 141 Å². The van der Waals surface area contributed by atoms with Crippen molar-refractivity contribution in [2.75, 3.05) is 6.61 Å². The van der Waals surface area contributed by atoms with Crippen LogP contribution in [0.5, 0.6) is 5.75 Å². The van der Waals surface area contributed by atoms with Crippen LogP contribution in [0.4, 0.5) is 0 Å². The molecule has 0 amide bonds. The molecule has 0 aliphatic carbocycles. The molecule has 0 unspecified atom stereocenters. The van der Waals surface area contributed by atoms with Crippen LogP contribution in [-0.4, -0.2) is 46.5 Å². The third-order valence-corrected chi connectivity index (χ3v) is 4.30. The molecule has 2 heterocycles.